The van der Waals surface area contributed by atoms with Crippen molar-refractivity contribution >= 4 is 46.7 Å². The highest BCUT2D eigenvalue weighted by atomic mass is 35.5. The molecule has 0 unspecified atom stereocenters. The van der Waals surface area contributed by atoms with Crippen LogP contribution in [0.3, 0.4) is 0 Å². The fourth-order valence-electron chi connectivity index (χ4n) is 2.13. The monoisotopic (exact) mass is 423 g/mol. The molecular formula is C14H12Cl3N3O6. The van der Waals surface area contributed by atoms with Crippen LogP contribution >= 0.6 is 34.8 Å². The summed E-state index contributed by atoms with van der Waals surface area (Å²) in [6.07, 6.45) is 3.03. The highest BCUT2D eigenvalue weighted by Crippen LogP contribution is 2.40. The standard InChI is InChI=1S/C12H10Cl3N3O2.C2H2O4/c13-9-4-11(15)10(14)3-8(9)12(19-1-2-20-12)5-18-7-16-6-17-18;3-1(4)2(5)6/h3-4,6-7H,1-2,5H2;(H,3,4)(H,5,6). The van der Waals surface area contributed by atoms with E-state index in [2.05, 4.69) is 10.1 Å². The largest absolute Gasteiger partial charge is 0.473 e. The number of aliphatic carboxylic acids is 2. The lowest BCUT2D eigenvalue weighted by atomic mass is 10.1. The van der Waals surface area contributed by atoms with Gasteiger partial charge in [-0.2, -0.15) is 5.10 Å². The molecule has 9 nitrogen and oxygen atoms in total. The van der Waals surface area contributed by atoms with Gasteiger partial charge in [0.05, 0.1) is 28.3 Å². The summed E-state index contributed by atoms with van der Waals surface area (Å²) < 4.78 is 13.2. The quantitative estimate of drug-likeness (QED) is 0.568. The second kappa shape index (κ2) is 8.65. The van der Waals surface area contributed by atoms with Crippen molar-refractivity contribution in [2.24, 2.45) is 0 Å². The van der Waals surface area contributed by atoms with E-state index >= 15 is 0 Å². The number of carboxylic acid groups (broad SMARTS) is 2. The minimum absolute atomic E-state index is 0.324. The van der Waals surface area contributed by atoms with Gasteiger partial charge in [-0.3, -0.25) is 0 Å². The Bertz CT molecular complexity index is 781. The molecule has 2 aromatic rings. The molecule has 12 heteroatoms. The SMILES string of the molecule is Clc1cc(Cl)c(C2(Cn3cncn3)OCCO2)cc1Cl.O=C(O)C(=O)O. The molecule has 140 valence electrons. The molecular weight excluding hydrogens is 413 g/mol. The van der Waals surface area contributed by atoms with Crippen LogP contribution < -0.4 is 0 Å². The van der Waals surface area contributed by atoms with Crippen molar-refractivity contribution in [3.8, 4) is 0 Å². The fourth-order valence-corrected chi connectivity index (χ4v) is 2.82. The molecule has 1 aliphatic rings. The summed E-state index contributed by atoms with van der Waals surface area (Å²) in [5.74, 6) is -4.68. The van der Waals surface area contributed by atoms with Gasteiger partial charge < -0.3 is 19.7 Å². The Kier molecular flexibility index (Phi) is 6.79. The number of aromatic nitrogens is 3. The van der Waals surface area contributed by atoms with E-state index in [4.69, 9.17) is 64.1 Å². The molecule has 0 amide bonds. The first-order valence-corrected chi connectivity index (χ1v) is 8.10. The Morgan fingerprint density at radius 2 is 1.65 bits per heavy atom. The fraction of sp³-hybridized carbons (Fsp3) is 0.286. The van der Waals surface area contributed by atoms with Crippen molar-refractivity contribution < 1.29 is 29.3 Å². The average molecular weight is 425 g/mol. The molecule has 0 aliphatic carbocycles. The summed E-state index contributed by atoms with van der Waals surface area (Å²) in [7, 11) is 0. The molecule has 0 radical (unpaired) electrons. The van der Waals surface area contributed by atoms with Crippen LogP contribution in [0, 0.1) is 0 Å². The van der Waals surface area contributed by atoms with Crippen molar-refractivity contribution in [2.45, 2.75) is 12.3 Å². The van der Waals surface area contributed by atoms with E-state index in [1.54, 1.807) is 23.1 Å². The molecule has 26 heavy (non-hydrogen) atoms. The summed E-state index contributed by atoms with van der Waals surface area (Å²) in [6, 6.07) is 3.24. The molecule has 1 fully saturated rings. The van der Waals surface area contributed by atoms with Crippen LogP contribution in [0.1, 0.15) is 5.56 Å². The number of benzene rings is 1. The van der Waals surface area contributed by atoms with Crippen molar-refractivity contribution in [3.05, 3.63) is 45.4 Å². The van der Waals surface area contributed by atoms with Crippen LogP contribution in [0.15, 0.2) is 24.8 Å². The highest BCUT2D eigenvalue weighted by molar-refractivity contribution is 6.43. The second-order valence-electron chi connectivity index (χ2n) is 4.90. The van der Waals surface area contributed by atoms with E-state index in [9.17, 15) is 0 Å². The summed E-state index contributed by atoms with van der Waals surface area (Å²) in [5, 5.41) is 20.1. The number of halogens is 3. The van der Waals surface area contributed by atoms with Gasteiger partial charge in [0.2, 0.25) is 5.79 Å². The van der Waals surface area contributed by atoms with Crippen LogP contribution in [0.25, 0.3) is 0 Å². The van der Waals surface area contributed by atoms with E-state index in [1.807, 2.05) is 0 Å². The number of nitrogens with zero attached hydrogens (tertiary/aromatic N) is 3. The lowest BCUT2D eigenvalue weighted by Crippen LogP contribution is -2.33. The van der Waals surface area contributed by atoms with Crippen LogP contribution in [-0.2, 0) is 31.4 Å². The number of ether oxygens (including phenoxy) is 2. The molecule has 2 heterocycles. The number of carboxylic acids is 2. The zero-order valence-electron chi connectivity index (χ0n) is 12.9. The third-order valence-electron chi connectivity index (χ3n) is 3.19. The smallest absolute Gasteiger partial charge is 0.414 e. The van der Waals surface area contributed by atoms with Gasteiger partial charge in [-0.15, -0.1) is 0 Å². The Morgan fingerprint density at radius 3 is 2.15 bits per heavy atom. The normalized spacial score (nSPS) is 15.2. The van der Waals surface area contributed by atoms with Gasteiger partial charge >= 0.3 is 11.9 Å². The molecule has 1 aromatic carbocycles. The molecule has 2 N–H and O–H groups in total. The topological polar surface area (TPSA) is 124 Å². The van der Waals surface area contributed by atoms with Crippen LogP contribution in [0.4, 0.5) is 0 Å². The van der Waals surface area contributed by atoms with E-state index in [0.717, 1.165) is 0 Å². The van der Waals surface area contributed by atoms with E-state index in [-0.39, 0.29) is 0 Å². The second-order valence-corrected chi connectivity index (χ2v) is 6.12. The van der Waals surface area contributed by atoms with Gasteiger partial charge in [-0.05, 0) is 12.1 Å². The molecule has 0 spiro atoms. The maximum Gasteiger partial charge on any atom is 0.414 e. The molecule has 1 aliphatic heterocycles. The lowest BCUT2D eigenvalue weighted by molar-refractivity contribution is -0.177. The summed E-state index contributed by atoms with van der Waals surface area (Å²) in [4.78, 5) is 22.1. The molecule has 0 bridgehead atoms. The predicted molar refractivity (Wildman–Crippen MR) is 90.3 cm³/mol. The Morgan fingerprint density at radius 1 is 1.08 bits per heavy atom. The van der Waals surface area contributed by atoms with Gasteiger partial charge in [-0.25, -0.2) is 19.3 Å². The minimum Gasteiger partial charge on any atom is -0.473 e. The Labute approximate surface area is 162 Å². The highest BCUT2D eigenvalue weighted by Gasteiger charge is 2.41. The first-order chi connectivity index (χ1) is 12.2. The van der Waals surface area contributed by atoms with Crippen molar-refractivity contribution in [1.82, 2.24) is 14.8 Å². The number of hydrogen-bond donors (Lipinski definition) is 2. The first-order valence-electron chi connectivity index (χ1n) is 6.97. The van der Waals surface area contributed by atoms with E-state index in [1.165, 1.54) is 6.33 Å². The molecule has 1 saturated heterocycles. The zero-order chi connectivity index (χ0) is 19.3. The average Bonchev–Trinajstić information content (AvgIpc) is 3.24. The van der Waals surface area contributed by atoms with Crippen molar-refractivity contribution in [1.29, 1.82) is 0 Å². The Hall–Kier alpha value is -1.91. The summed E-state index contributed by atoms with van der Waals surface area (Å²) in [5.41, 5.74) is 0.626. The maximum absolute atomic E-state index is 9.10. The molecule has 1 aromatic heterocycles. The van der Waals surface area contributed by atoms with Crippen LogP contribution in [0.5, 0.6) is 0 Å². The number of hydrogen-bond acceptors (Lipinski definition) is 6. The van der Waals surface area contributed by atoms with Gasteiger partial charge in [0.1, 0.15) is 19.2 Å². The first kappa shape index (κ1) is 20.4. The summed E-state index contributed by atoms with van der Waals surface area (Å²) in [6.45, 7) is 1.25. The third kappa shape index (κ3) is 4.83. The zero-order valence-corrected chi connectivity index (χ0v) is 15.2. The van der Waals surface area contributed by atoms with E-state index < -0.39 is 17.7 Å². The van der Waals surface area contributed by atoms with Gasteiger partial charge in [-0.1, -0.05) is 34.8 Å². The van der Waals surface area contributed by atoms with Crippen LogP contribution in [-0.4, -0.2) is 50.1 Å². The predicted octanol–water partition coefficient (Wildman–Crippen LogP) is 2.29. The lowest BCUT2D eigenvalue weighted by Gasteiger charge is -2.28. The van der Waals surface area contributed by atoms with Crippen LogP contribution in [0.2, 0.25) is 15.1 Å². The number of rotatable bonds is 3. The molecule has 3 rings (SSSR count). The molecule has 0 atom stereocenters. The Balaban J connectivity index is 0.000000352. The van der Waals surface area contributed by atoms with Gasteiger partial charge in [0, 0.05) is 5.56 Å². The van der Waals surface area contributed by atoms with Crippen molar-refractivity contribution in [2.75, 3.05) is 13.2 Å². The van der Waals surface area contributed by atoms with Gasteiger partial charge in [0.15, 0.2) is 0 Å². The maximum atomic E-state index is 9.10. The minimum atomic E-state index is -1.82. The van der Waals surface area contributed by atoms with Gasteiger partial charge in [0.25, 0.3) is 0 Å². The van der Waals surface area contributed by atoms with E-state index in [0.29, 0.717) is 40.4 Å². The summed E-state index contributed by atoms with van der Waals surface area (Å²) >= 11 is 18.3. The number of carbonyl (C=O) groups is 2. The molecule has 0 saturated carbocycles. The third-order valence-corrected chi connectivity index (χ3v) is 4.23. The van der Waals surface area contributed by atoms with Crippen molar-refractivity contribution in [3.63, 3.8) is 0 Å².